The van der Waals surface area contributed by atoms with E-state index in [1.807, 2.05) is 16.6 Å². The van der Waals surface area contributed by atoms with Crippen molar-refractivity contribution in [3.63, 3.8) is 0 Å². The molecule has 0 aliphatic carbocycles. The average Bonchev–Trinajstić information content (AvgIpc) is 2.30. The molecule has 0 saturated heterocycles. The highest BCUT2D eigenvalue weighted by molar-refractivity contribution is 7.39. The molecule has 2 unspecified atom stereocenters. The van der Waals surface area contributed by atoms with E-state index in [0.29, 0.717) is 0 Å². The van der Waals surface area contributed by atoms with E-state index in [2.05, 4.69) is 61.2 Å². The molecule has 0 saturated carbocycles. The smallest absolute Gasteiger partial charge is 0.0502 e. The van der Waals surface area contributed by atoms with Gasteiger partial charge in [0, 0.05) is 5.56 Å². The van der Waals surface area contributed by atoms with Crippen LogP contribution in [0.25, 0.3) is 11.1 Å². The summed E-state index contributed by atoms with van der Waals surface area (Å²) in [5.41, 5.74) is 3.66. The van der Waals surface area contributed by atoms with Gasteiger partial charge in [0.05, 0.1) is 5.69 Å². The van der Waals surface area contributed by atoms with Crippen molar-refractivity contribution in [1.29, 1.82) is 0 Å². The van der Waals surface area contributed by atoms with Crippen LogP contribution in [0, 0.1) is 0 Å². The molecule has 0 fully saturated rings. The minimum absolute atomic E-state index is 1.18. The molecule has 2 rings (SSSR count). The van der Waals surface area contributed by atoms with E-state index in [0.717, 1.165) is 0 Å². The van der Waals surface area contributed by atoms with Crippen molar-refractivity contribution in [1.82, 2.24) is 0 Å². The molecule has 15 heavy (non-hydrogen) atoms. The lowest BCUT2D eigenvalue weighted by molar-refractivity contribution is 1.57. The Bertz CT molecular complexity index is 440. The van der Waals surface area contributed by atoms with Gasteiger partial charge in [0.25, 0.3) is 0 Å². The van der Waals surface area contributed by atoms with Crippen molar-refractivity contribution < 1.29 is 0 Å². The highest BCUT2D eigenvalue weighted by Crippen LogP contribution is 2.33. The van der Waals surface area contributed by atoms with Crippen LogP contribution < -0.4 is 4.44 Å². The number of nitrogens with zero attached hydrogens (tertiary/aromatic N) is 1. The molecule has 0 aliphatic heterocycles. The Hall–Kier alpha value is -0.900. The number of para-hydroxylation sites is 1. The van der Waals surface area contributed by atoms with Gasteiger partial charge in [-0.15, -0.1) is 0 Å². The first-order chi connectivity index (χ1) is 7.29. The molecule has 2 aromatic rings. The van der Waals surface area contributed by atoms with E-state index in [-0.39, 0.29) is 0 Å². The van der Waals surface area contributed by atoms with Crippen molar-refractivity contribution in [2.45, 2.75) is 0 Å². The van der Waals surface area contributed by atoms with Gasteiger partial charge in [-0.3, -0.25) is 0 Å². The van der Waals surface area contributed by atoms with E-state index >= 15 is 0 Å². The first-order valence-corrected chi connectivity index (χ1v) is 5.76. The Morgan fingerprint density at radius 1 is 0.733 bits per heavy atom. The third-order valence-corrected chi connectivity index (χ3v) is 2.82. The normalized spacial score (nSPS) is 10.0. The Morgan fingerprint density at radius 3 is 2.00 bits per heavy atom. The highest BCUT2D eigenvalue weighted by atomic mass is 31.1. The van der Waals surface area contributed by atoms with E-state index in [1.54, 1.807) is 0 Å². The monoisotopic (exact) mass is 233 g/mol. The van der Waals surface area contributed by atoms with E-state index in [4.69, 9.17) is 0 Å². The Morgan fingerprint density at radius 2 is 1.33 bits per heavy atom. The van der Waals surface area contributed by atoms with Gasteiger partial charge in [-0.05, 0) is 30.4 Å². The van der Waals surface area contributed by atoms with Crippen LogP contribution in [-0.4, -0.2) is 0 Å². The highest BCUT2D eigenvalue weighted by Gasteiger charge is 2.04. The van der Waals surface area contributed by atoms with Gasteiger partial charge in [-0.25, -0.2) is 0 Å². The molecule has 3 heteroatoms. The summed E-state index contributed by atoms with van der Waals surface area (Å²) in [5, 5.41) is 0. The average molecular weight is 233 g/mol. The molecule has 0 heterocycles. The summed E-state index contributed by atoms with van der Waals surface area (Å²) in [5.74, 6) is 0. The molecule has 1 nitrogen and oxygen atoms in total. The molecule has 0 amide bonds. The van der Waals surface area contributed by atoms with Crippen molar-refractivity contribution in [2.75, 3.05) is 4.44 Å². The number of anilines is 1. The maximum Gasteiger partial charge on any atom is 0.0502 e. The van der Waals surface area contributed by atoms with Crippen LogP contribution in [0.2, 0.25) is 0 Å². The minimum atomic E-state index is 1.18. The molecule has 2 aromatic carbocycles. The Balaban J connectivity index is 2.53. The lowest BCUT2D eigenvalue weighted by Crippen LogP contribution is -1.92. The fourth-order valence-corrected chi connectivity index (χ4v) is 2.01. The maximum absolute atomic E-state index is 2.65. The van der Waals surface area contributed by atoms with E-state index in [1.165, 1.54) is 16.8 Å². The number of rotatable bonds is 2. The van der Waals surface area contributed by atoms with Crippen LogP contribution >= 0.6 is 18.8 Å². The molecule has 0 aliphatic rings. The van der Waals surface area contributed by atoms with Gasteiger partial charge < -0.3 is 4.44 Å². The fourth-order valence-electron chi connectivity index (χ4n) is 1.56. The number of hydrogen-bond acceptors (Lipinski definition) is 1. The van der Waals surface area contributed by atoms with Crippen molar-refractivity contribution >= 4 is 24.5 Å². The molecular formula is C12H13NP2. The lowest BCUT2D eigenvalue weighted by Gasteiger charge is -2.16. The molecule has 0 aromatic heterocycles. The van der Waals surface area contributed by atoms with Crippen LogP contribution in [0.1, 0.15) is 0 Å². The second-order valence-corrected chi connectivity index (χ2v) is 5.00. The molecule has 0 radical (unpaired) electrons. The van der Waals surface area contributed by atoms with Gasteiger partial charge >= 0.3 is 0 Å². The quantitative estimate of drug-likeness (QED) is 0.714. The Labute approximate surface area is 95.0 Å². The summed E-state index contributed by atoms with van der Waals surface area (Å²) in [4.78, 5) is 0. The second kappa shape index (κ2) is 4.75. The molecular weight excluding hydrogens is 220 g/mol. The molecule has 0 spiro atoms. The number of hydrogen-bond donors (Lipinski definition) is 0. The number of benzene rings is 2. The molecule has 76 valence electrons. The third kappa shape index (κ3) is 2.37. The standard InChI is InChI=1S/C12H13NP2/c14-13(15)12-9-5-4-8-11(12)10-6-2-1-3-7-10/h1-9H,14-15H2. The SMILES string of the molecule is PN(P)c1ccccc1-c1ccccc1. The Kier molecular flexibility index (Phi) is 3.36. The lowest BCUT2D eigenvalue weighted by atomic mass is 10.0. The molecule has 2 atom stereocenters. The zero-order valence-corrected chi connectivity index (χ0v) is 10.6. The first kappa shape index (κ1) is 10.6. The van der Waals surface area contributed by atoms with Crippen LogP contribution in [0.15, 0.2) is 54.6 Å². The van der Waals surface area contributed by atoms with Crippen LogP contribution in [0.5, 0.6) is 0 Å². The summed E-state index contributed by atoms with van der Waals surface area (Å²) < 4.78 is 1.97. The first-order valence-electron chi connectivity index (χ1n) is 4.73. The van der Waals surface area contributed by atoms with Crippen molar-refractivity contribution in [2.24, 2.45) is 0 Å². The summed E-state index contributed by atoms with van der Waals surface area (Å²) in [7, 11) is 5.31. The van der Waals surface area contributed by atoms with E-state index in [9.17, 15) is 0 Å². The van der Waals surface area contributed by atoms with Crippen LogP contribution in [0.4, 0.5) is 5.69 Å². The zero-order chi connectivity index (χ0) is 10.7. The predicted octanol–water partition coefficient (Wildman–Crippen LogP) is 3.74. The van der Waals surface area contributed by atoms with Crippen molar-refractivity contribution in [3.05, 3.63) is 54.6 Å². The van der Waals surface area contributed by atoms with Crippen LogP contribution in [0.3, 0.4) is 0 Å². The summed E-state index contributed by atoms with van der Waals surface area (Å²) >= 11 is 0. The van der Waals surface area contributed by atoms with E-state index < -0.39 is 0 Å². The summed E-state index contributed by atoms with van der Waals surface area (Å²) in [6.45, 7) is 0. The van der Waals surface area contributed by atoms with Gasteiger partial charge in [0.1, 0.15) is 0 Å². The van der Waals surface area contributed by atoms with Gasteiger partial charge in [0.15, 0.2) is 0 Å². The topological polar surface area (TPSA) is 3.24 Å². The third-order valence-electron chi connectivity index (χ3n) is 2.27. The summed E-state index contributed by atoms with van der Waals surface area (Å²) in [6, 6.07) is 18.7. The molecule has 0 N–H and O–H groups in total. The second-order valence-electron chi connectivity index (χ2n) is 3.29. The summed E-state index contributed by atoms with van der Waals surface area (Å²) in [6.07, 6.45) is 0. The van der Waals surface area contributed by atoms with Gasteiger partial charge in [0.2, 0.25) is 0 Å². The predicted molar refractivity (Wildman–Crippen MR) is 73.8 cm³/mol. The van der Waals surface area contributed by atoms with Crippen LogP contribution in [-0.2, 0) is 0 Å². The maximum atomic E-state index is 2.65. The zero-order valence-electron chi connectivity index (χ0n) is 8.30. The van der Waals surface area contributed by atoms with Crippen molar-refractivity contribution in [3.8, 4) is 11.1 Å². The van der Waals surface area contributed by atoms with Gasteiger partial charge in [-0.1, -0.05) is 48.5 Å². The molecule has 0 bridgehead atoms. The van der Waals surface area contributed by atoms with Gasteiger partial charge in [-0.2, -0.15) is 0 Å². The minimum Gasteiger partial charge on any atom is -0.340 e. The fraction of sp³-hybridized carbons (Fsp3) is 0. The largest absolute Gasteiger partial charge is 0.340 e.